The first-order chi connectivity index (χ1) is 17.5. The number of hydrogen-bond donors (Lipinski definition) is 2. The van der Waals surface area contributed by atoms with Crippen molar-refractivity contribution < 1.29 is 9.94 Å². The first-order valence-electron chi connectivity index (χ1n) is 11.8. The van der Waals surface area contributed by atoms with Gasteiger partial charge in [-0.1, -0.05) is 91.0 Å². The van der Waals surface area contributed by atoms with E-state index in [-0.39, 0.29) is 13.3 Å². The molecule has 4 aromatic rings. The molecular formula is C28H28N4O4. The molecule has 2 N–H and O–H groups in total. The maximum atomic E-state index is 12.8. The molecule has 8 nitrogen and oxygen atoms in total. The number of H-pyrrole nitrogens is 1. The molecule has 5 rings (SSSR count). The number of aryl methyl sites for hydroxylation is 1. The lowest BCUT2D eigenvalue weighted by Gasteiger charge is -2.51. The van der Waals surface area contributed by atoms with Gasteiger partial charge in [0.25, 0.3) is 5.56 Å². The zero-order chi connectivity index (χ0) is 25.1. The van der Waals surface area contributed by atoms with Gasteiger partial charge in [-0.25, -0.2) is 9.63 Å². The molecule has 1 aromatic heterocycles. The SMILES string of the molecule is Cc1cn(N2CN(C(c3ccccc3)(c3ccccc3)c3ccccc3)CC(CO)O2)c(=O)[nH]c1=O. The minimum Gasteiger partial charge on any atom is -0.394 e. The highest BCUT2D eigenvalue weighted by Gasteiger charge is 2.46. The highest BCUT2D eigenvalue weighted by molar-refractivity contribution is 5.49. The number of rotatable bonds is 6. The van der Waals surface area contributed by atoms with Crippen LogP contribution >= 0.6 is 0 Å². The molecule has 1 aliphatic heterocycles. The molecule has 36 heavy (non-hydrogen) atoms. The van der Waals surface area contributed by atoms with Crippen LogP contribution in [0, 0.1) is 6.92 Å². The summed E-state index contributed by atoms with van der Waals surface area (Å²) in [5.74, 6) is 0. The third-order valence-electron chi connectivity index (χ3n) is 6.58. The summed E-state index contributed by atoms with van der Waals surface area (Å²) in [7, 11) is 0. The van der Waals surface area contributed by atoms with Crippen LogP contribution in [-0.4, -0.2) is 45.6 Å². The van der Waals surface area contributed by atoms with E-state index >= 15 is 0 Å². The van der Waals surface area contributed by atoms with Crippen LogP contribution < -0.4 is 16.4 Å². The summed E-state index contributed by atoms with van der Waals surface area (Å²) in [5.41, 5.74) is 1.64. The van der Waals surface area contributed by atoms with Gasteiger partial charge < -0.3 is 5.11 Å². The Morgan fingerprint density at radius 1 is 0.889 bits per heavy atom. The van der Waals surface area contributed by atoms with Crippen molar-refractivity contribution in [3.63, 3.8) is 0 Å². The Hall–Kier alpha value is -3.98. The summed E-state index contributed by atoms with van der Waals surface area (Å²) in [6, 6.07) is 30.5. The fraction of sp³-hybridized carbons (Fsp3) is 0.214. The van der Waals surface area contributed by atoms with E-state index < -0.39 is 22.9 Å². The molecule has 0 amide bonds. The Morgan fingerprint density at radius 2 is 1.39 bits per heavy atom. The Morgan fingerprint density at radius 3 is 1.86 bits per heavy atom. The minimum absolute atomic E-state index is 0.181. The molecule has 0 spiro atoms. The molecular weight excluding hydrogens is 456 g/mol. The van der Waals surface area contributed by atoms with E-state index in [2.05, 4.69) is 46.3 Å². The predicted molar refractivity (Wildman–Crippen MR) is 137 cm³/mol. The number of hydroxylamine groups is 1. The van der Waals surface area contributed by atoms with Crippen molar-refractivity contribution in [1.29, 1.82) is 0 Å². The maximum Gasteiger partial charge on any atom is 0.348 e. The van der Waals surface area contributed by atoms with Gasteiger partial charge in [-0.2, -0.15) is 9.85 Å². The standard InChI is InChI=1S/C28H28N4O4/c1-21-17-31(27(35)29-26(21)34)32-20-30(18-25(19-33)36-32)28(22-11-5-2-6-12-22,23-13-7-3-8-14-23)24-15-9-4-10-16-24/h2-17,25,33H,18-20H2,1H3,(H,29,34,35). The fourth-order valence-corrected chi connectivity index (χ4v) is 4.95. The highest BCUT2D eigenvalue weighted by Crippen LogP contribution is 2.43. The number of hydrogen-bond acceptors (Lipinski definition) is 6. The van der Waals surface area contributed by atoms with Crippen molar-refractivity contribution in [2.45, 2.75) is 18.6 Å². The van der Waals surface area contributed by atoms with Gasteiger partial charge in [0.1, 0.15) is 12.8 Å². The molecule has 184 valence electrons. The molecule has 2 heterocycles. The lowest BCUT2D eigenvalue weighted by atomic mass is 9.75. The molecule has 1 unspecified atom stereocenters. The van der Waals surface area contributed by atoms with Crippen molar-refractivity contribution in [3.05, 3.63) is 140 Å². The summed E-state index contributed by atoms with van der Waals surface area (Å²) in [6.45, 7) is 1.95. The zero-order valence-electron chi connectivity index (χ0n) is 19.9. The second-order valence-electron chi connectivity index (χ2n) is 8.85. The van der Waals surface area contributed by atoms with Crippen molar-refractivity contribution in [2.75, 3.05) is 25.0 Å². The van der Waals surface area contributed by atoms with Crippen molar-refractivity contribution >= 4 is 0 Å². The summed E-state index contributed by atoms with van der Waals surface area (Å²) < 4.78 is 1.25. The Bertz CT molecular complexity index is 1320. The van der Waals surface area contributed by atoms with E-state index in [1.807, 2.05) is 54.6 Å². The van der Waals surface area contributed by atoms with E-state index in [1.165, 1.54) is 16.0 Å². The number of nitrogens with one attached hydrogen (secondary N) is 1. The highest BCUT2D eigenvalue weighted by atomic mass is 16.7. The molecule has 0 bridgehead atoms. The van der Waals surface area contributed by atoms with Crippen LogP contribution in [-0.2, 0) is 10.4 Å². The van der Waals surface area contributed by atoms with Gasteiger partial charge >= 0.3 is 5.69 Å². The van der Waals surface area contributed by atoms with Gasteiger partial charge in [-0.05, 0) is 23.6 Å². The topological polar surface area (TPSA) is 90.8 Å². The van der Waals surface area contributed by atoms with E-state index in [1.54, 1.807) is 6.92 Å². The van der Waals surface area contributed by atoms with Crippen LogP contribution in [0.3, 0.4) is 0 Å². The quantitative estimate of drug-likeness (QED) is 0.409. The average molecular weight is 485 g/mol. The first kappa shape index (κ1) is 23.7. The van der Waals surface area contributed by atoms with Gasteiger partial charge in [-0.3, -0.25) is 14.7 Å². The largest absolute Gasteiger partial charge is 0.394 e. The lowest BCUT2D eigenvalue weighted by molar-refractivity contribution is -0.120. The van der Waals surface area contributed by atoms with Crippen molar-refractivity contribution in [1.82, 2.24) is 14.6 Å². The van der Waals surface area contributed by atoms with Crippen LogP contribution in [0.2, 0.25) is 0 Å². The zero-order valence-corrected chi connectivity index (χ0v) is 19.9. The number of aliphatic hydroxyl groups excluding tert-OH is 1. The Kier molecular flexibility index (Phi) is 6.56. The molecule has 1 saturated heterocycles. The Labute approximate surface area is 208 Å². The first-order valence-corrected chi connectivity index (χ1v) is 11.8. The second kappa shape index (κ2) is 9.94. The molecule has 0 aliphatic carbocycles. The molecule has 3 aromatic carbocycles. The number of benzene rings is 3. The number of aliphatic hydroxyl groups is 1. The predicted octanol–water partition coefficient (Wildman–Crippen LogP) is 2.34. The molecule has 1 fully saturated rings. The van der Waals surface area contributed by atoms with Gasteiger partial charge in [0.2, 0.25) is 0 Å². The van der Waals surface area contributed by atoms with E-state index in [4.69, 9.17) is 4.84 Å². The third kappa shape index (κ3) is 4.15. The van der Waals surface area contributed by atoms with Gasteiger partial charge in [0.05, 0.1) is 12.1 Å². The minimum atomic E-state index is -0.764. The van der Waals surface area contributed by atoms with Crippen LogP contribution in [0.5, 0.6) is 0 Å². The van der Waals surface area contributed by atoms with Crippen LogP contribution in [0.1, 0.15) is 22.3 Å². The molecule has 0 radical (unpaired) electrons. The van der Waals surface area contributed by atoms with E-state index in [0.29, 0.717) is 12.1 Å². The van der Waals surface area contributed by atoms with Gasteiger partial charge in [0.15, 0.2) is 0 Å². The van der Waals surface area contributed by atoms with Crippen molar-refractivity contribution in [2.24, 2.45) is 0 Å². The van der Waals surface area contributed by atoms with Gasteiger partial charge in [0, 0.05) is 18.3 Å². The van der Waals surface area contributed by atoms with Crippen LogP contribution in [0.25, 0.3) is 0 Å². The Balaban J connectivity index is 1.74. The van der Waals surface area contributed by atoms with Crippen molar-refractivity contribution in [3.8, 4) is 0 Å². The summed E-state index contributed by atoms with van der Waals surface area (Å²) in [5, 5.41) is 11.6. The maximum absolute atomic E-state index is 12.8. The van der Waals surface area contributed by atoms with Crippen LogP contribution in [0.15, 0.2) is 107 Å². The smallest absolute Gasteiger partial charge is 0.348 e. The summed E-state index contributed by atoms with van der Waals surface area (Å²) >= 11 is 0. The average Bonchev–Trinajstić information content (AvgIpc) is 2.93. The molecule has 1 atom stereocenters. The normalized spacial score (nSPS) is 16.7. The van der Waals surface area contributed by atoms with Crippen LogP contribution in [0.4, 0.5) is 0 Å². The molecule has 8 heteroatoms. The number of aromatic amines is 1. The van der Waals surface area contributed by atoms with E-state index in [9.17, 15) is 14.7 Å². The summed E-state index contributed by atoms with van der Waals surface area (Å²) in [4.78, 5) is 35.3. The number of aromatic nitrogens is 2. The second-order valence-corrected chi connectivity index (χ2v) is 8.85. The monoisotopic (exact) mass is 484 g/mol. The lowest BCUT2D eigenvalue weighted by Crippen LogP contribution is -2.64. The number of nitrogens with zero attached hydrogens (tertiary/aromatic N) is 3. The molecule has 0 saturated carbocycles. The third-order valence-corrected chi connectivity index (χ3v) is 6.58. The molecule has 1 aliphatic rings. The van der Waals surface area contributed by atoms with Gasteiger partial charge in [-0.15, -0.1) is 0 Å². The summed E-state index contributed by atoms with van der Waals surface area (Å²) in [6.07, 6.45) is 0.835. The fourth-order valence-electron chi connectivity index (χ4n) is 4.95. The van der Waals surface area contributed by atoms with E-state index in [0.717, 1.165) is 16.7 Å².